The Labute approximate surface area is 148 Å². The Bertz CT molecular complexity index is 549. The summed E-state index contributed by atoms with van der Waals surface area (Å²) in [5, 5.41) is 3.00. The Kier molecular flexibility index (Phi) is 6.75. The van der Waals surface area contributed by atoms with Crippen LogP contribution in [0.4, 0.5) is 4.39 Å². The SMILES string of the molecule is O=C(NCCCCN1CCOCC1)C1CC(c2ccc(F)cc2)NN1. The van der Waals surface area contributed by atoms with Gasteiger partial charge in [0.15, 0.2) is 0 Å². The largest absolute Gasteiger partial charge is 0.379 e. The number of rotatable bonds is 7. The van der Waals surface area contributed by atoms with E-state index in [0.29, 0.717) is 13.0 Å². The lowest BCUT2D eigenvalue weighted by Crippen LogP contribution is -2.43. The van der Waals surface area contributed by atoms with Crippen molar-refractivity contribution in [1.29, 1.82) is 0 Å². The highest BCUT2D eigenvalue weighted by atomic mass is 19.1. The number of nitrogens with one attached hydrogen (secondary N) is 3. The van der Waals surface area contributed by atoms with Crippen molar-refractivity contribution < 1.29 is 13.9 Å². The molecule has 0 aromatic heterocycles. The van der Waals surface area contributed by atoms with Crippen LogP contribution in [0.5, 0.6) is 0 Å². The average Bonchev–Trinajstić information content (AvgIpc) is 3.13. The molecule has 2 aliphatic heterocycles. The van der Waals surface area contributed by atoms with Crippen LogP contribution >= 0.6 is 0 Å². The molecule has 2 unspecified atom stereocenters. The lowest BCUT2D eigenvalue weighted by Gasteiger charge is -2.26. The van der Waals surface area contributed by atoms with E-state index in [2.05, 4.69) is 21.1 Å². The molecule has 1 aromatic carbocycles. The first-order valence-electron chi connectivity index (χ1n) is 9.07. The van der Waals surface area contributed by atoms with E-state index in [1.54, 1.807) is 12.1 Å². The van der Waals surface area contributed by atoms with Gasteiger partial charge in [0, 0.05) is 25.7 Å². The molecule has 0 radical (unpaired) electrons. The van der Waals surface area contributed by atoms with Gasteiger partial charge in [0.1, 0.15) is 11.9 Å². The van der Waals surface area contributed by atoms with E-state index in [4.69, 9.17) is 4.74 Å². The molecule has 0 saturated carbocycles. The van der Waals surface area contributed by atoms with Gasteiger partial charge in [-0.15, -0.1) is 0 Å². The molecule has 7 heteroatoms. The number of hydrogen-bond donors (Lipinski definition) is 3. The van der Waals surface area contributed by atoms with E-state index >= 15 is 0 Å². The number of nitrogens with zero attached hydrogens (tertiary/aromatic N) is 1. The fourth-order valence-corrected chi connectivity index (χ4v) is 3.26. The Morgan fingerprint density at radius 1 is 1.20 bits per heavy atom. The van der Waals surface area contributed by atoms with Crippen LogP contribution in [0.1, 0.15) is 30.9 Å². The molecular weight excluding hydrogens is 323 g/mol. The summed E-state index contributed by atoms with van der Waals surface area (Å²) in [5.74, 6) is -0.232. The number of morpholine rings is 1. The van der Waals surface area contributed by atoms with E-state index < -0.39 is 0 Å². The van der Waals surface area contributed by atoms with Gasteiger partial charge >= 0.3 is 0 Å². The molecule has 2 heterocycles. The van der Waals surface area contributed by atoms with E-state index in [9.17, 15) is 9.18 Å². The first-order chi connectivity index (χ1) is 12.2. The third kappa shape index (κ3) is 5.47. The number of ether oxygens (including phenoxy) is 1. The van der Waals surface area contributed by atoms with Crippen LogP contribution in [0, 0.1) is 5.82 Å². The highest BCUT2D eigenvalue weighted by molar-refractivity contribution is 5.82. The van der Waals surface area contributed by atoms with Crippen molar-refractivity contribution in [2.75, 3.05) is 39.4 Å². The molecule has 138 valence electrons. The first-order valence-corrected chi connectivity index (χ1v) is 9.07. The zero-order valence-corrected chi connectivity index (χ0v) is 14.5. The number of hydrazine groups is 1. The van der Waals surface area contributed by atoms with Crippen LogP contribution in [-0.2, 0) is 9.53 Å². The second-order valence-electron chi connectivity index (χ2n) is 6.63. The zero-order valence-electron chi connectivity index (χ0n) is 14.5. The summed E-state index contributed by atoms with van der Waals surface area (Å²) >= 11 is 0. The minimum atomic E-state index is -0.255. The third-order valence-electron chi connectivity index (χ3n) is 4.80. The number of carbonyl (C=O) groups is 1. The van der Waals surface area contributed by atoms with Crippen LogP contribution in [0.3, 0.4) is 0 Å². The molecule has 1 amide bonds. The molecule has 1 aromatic rings. The number of unbranched alkanes of at least 4 members (excludes halogenated alkanes) is 1. The zero-order chi connectivity index (χ0) is 17.5. The van der Waals surface area contributed by atoms with Crippen molar-refractivity contribution in [2.24, 2.45) is 0 Å². The highest BCUT2D eigenvalue weighted by Crippen LogP contribution is 2.22. The van der Waals surface area contributed by atoms with Crippen LogP contribution in [0.2, 0.25) is 0 Å². The molecule has 2 saturated heterocycles. The van der Waals surface area contributed by atoms with Crippen LogP contribution in [0.15, 0.2) is 24.3 Å². The van der Waals surface area contributed by atoms with E-state index in [-0.39, 0.29) is 23.8 Å². The lowest BCUT2D eigenvalue weighted by molar-refractivity contribution is -0.122. The fourth-order valence-electron chi connectivity index (χ4n) is 3.26. The topological polar surface area (TPSA) is 65.6 Å². The number of halogens is 1. The Morgan fingerprint density at radius 2 is 1.96 bits per heavy atom. The van der Waals surface area contributed by atoms with Crippen molar-refractivity contribution in [3.05, 3.63) is 35.6 Å². The molecule has 25 heavy (non-hydrogen) atoms. The molecule has 2 aliphatic rings. The molecule has 2 fully saturated rings. The fraction of sp³-hybridized carbons (Fsp3) is 0.611. The van der Waals surface area contributed by atoms with Crippen molar-refractivity contribution >= 4 is 5.91 Å². The molecule has 2 atom stereocenters. The van der Waals surface area contributed by atoms with Gasteiger partial charge in [0.05, 0.1) is 13.2 Å². The molecular formula is C18H27FN4O2. The van der Waals surface area contributed by atoms with E-state index in [1.165, 1.54) is 12.1 Å². The van der Waals surface area contributed by atoms with Gasteiger partial charge in [-0.3, -0.25) is 9.69 Å². The summed E-state index contributed by atoms with van der Waals surface area (Å²) in [6, 6.07) is 6.16. The predicted octanol–water partition coefficient (Wildman–Crippen LogP) is 0.962. The molecule has 0 aliphatic carbocycles. The van der Waals surface area contributed by atoms with Gasteiger partial charge in [-0.05, 0) is 43.5 Å². The number of hydrogen-bond acceptors (Lipinski definition) is 5. The Hall–Kier alpha value is -1.54. The van der Waals surface area contributed by atoms with Crippen molar-refractivity contribution in [1.82, 2.24) is 21.1 Å². The second-order valence-corrected chi connectivity index (χ2v) is 6.63. The van der Waals surface area contributed by atoms with Crippen molar-refractivity contribution in [3.8, 4) is 0 Å². The Morgan fingerprint density at radius 3 is 2.72 bits per heavy atom. The molecule has 3 rings (SSSR count). The molecule has 0 bridgehead atoms. The summed E-state index contributed by atoms with van der Waals surface area (Å²) < 4.78 is 18.3. The highest BCUT2D eigenvalue weighted by Gasteiger charge is 2.29. The summed E-state index contributed by atoms with van der Waals surface area (Å²) in [7, 11) is 0. The lowest BCUT2D eigenvalue weighted by atomic mass is 10.0. The molecule has 6 nitrogen and oxygen atoms in total. The van der Waals surface area contributed by atoms with Gasteiger partial charge in [0.2, 0.25) is 5.91 Å². The van der Waals surface area contributed by atoms with Gasteiger partial charge < -0.3 is 10.1 Å². The van der Waals surface area contributed by atoms with Gasteiger partial charge in [-0.25, -0.2) is 15.2 Å². The van der Waals surface area contributed by atoms with Crippen molar-refractivity contribution in [2.45, 2.75) is 31.3 Å². The van der Waals surface area contributed by atoms with Crippen LogP contribution in [-0.4, -0.2) is 56.2 Å². The van der Waals surface area contributed by atoms with Crippen LogP contribution < -0.4 is 16.2 Å². The van der Waals surface area contributed by atoms with Gasteiger partial charge in [0.25, 0.3) is 0 Å². The number of benzene rings is 1. The van der Waals surface area contributed by atoms with Gasteiger partial charge in [-0.1, -0.05) is 12.1 Å². The normalized spacial score (nSPS) is 24.4. The third-order valence-corrected chi connectivity index (χ3v) is 4.80. The maximum absolute atomic E-state index is 13.0. The summed E-state index contributed by atoms with van der Waals surface area (Å²) in [6.07, 6.45) is 2.71. The number of carbonyl (C=O) groups excluding carboxylic acids is 1. The second kappa shape index (κ2) is 9.24. The average molecular weight is 350 g/mol. The molecule has 0 spiro atoms. The quantitative estimate of drug-likeness (QED) is 0.640. The first kappa shape index (κ1) is 18.3. The maximum atomic E-state index is 13.0. The standard InChI is InChI=1S/C18H27FN4O2/c19-15-5-3-14(4-6-15)16-13-17(22-21-16)18(24)20-7-1-2-8-23-9-11-25-12-10-23/h3-6,16-17,21-22H,1-2,7-13H2,(H,20,24). The minimum absolute atomic E-state index is 0.0171. The van der Waals surface area contributed by atoms with Gasteiger partial charge in [-0.2, -0.15) is 0 Å². The predicted molar refractivity (Wildman–Crippen MR) is 93.3 cm³/mol. The number of amides is 1. The smallest absolute Gasteiger partial charge is 0.238 e. The van der Waals surface area contributed by atoms with E-state index in [1.807, 2.05) is 0 Å². The maximum Gasteiger partial charge on any atom is 0.238 e. The van der Waals surface area contributed by atoms with E-state index in [0.717, 1.165) is 51.3 Å². The minimum Gasteiger partial charge on any atom is -0.379 e. The monoisotopic (exact) mass is 350 g/mol. The summed E-state index contributed by atoms with van der Waals surface area (Å²) in [5.41, 5.74) is 7.13. The summed E-state index contributed by atoms with van der Waals surface area (Å²) in [4.78, 5) is 14.6. The van der Waals surface area contributed by atoms with Crippen molar-refractivity contribution in [3.63, 3.8) is 0 Å². The van der Waals surface area contributed by atoms with Crippen LogP contribution in [0.25, 0.3) is 0 Å². The Balaban J connectivity index is 1.31. The molecule has 3 N–H and O–H groups in total. The summed E-state index contributed by atoms with van der Waals surface area (Å²) in [6.45, 7) is 5.43.